The van der Waals surface area contributed by atoms with Gasteiger partial charge >= 0.3 is 118 Å². The van der Waals surface area contributed by atoms with Crippen LogP contribution in [0.25, 0.3) is 0 Å². The van der Waals surface area contributed by atoms with Gasteiger partial charge in [-0.2, -0.15) is 0 Å². The zero-order chi connectivity index (χ0) is 13.0. The van der Waals surface area contributed by atoms with Gasteiger partial charge in [0.1, 0.15) is 0 Å². The molecular weight excluding hydrogens is 313 g/mol. The number of nitrogens with zero attached hydrogens (tertiary/aromatic N) is 2. The van der Waals surface area contributed by atoms with Gasteiger partial charge in [0, 0.05) is 0 Å². The van der Waals surface area contributed by atoms with Crippen molar-refractivity contribution in [2.75, 3.05) is 28.2 Å². The normalized spacial score (nSPS) is 11.3. The standard InChI is InChI=1S/C12H19N2.2ClH.Ga/c1-13(2)9-11-6-5-7-12(8-11)10-14(3)4;;;/h5-7H,9-10H2,1-4H3;2*1H;/q;;;+2/p-2. The number of halogens is 2. The minimum atomic E-state index is -2.31. The van der Waals surface area contributed by atoms with Crippen LogP contribution in [0.3, 0.4) is 0 Å². The van der Waals surface area contributed by atoms with E-state index in [1.807, 2.05) is 0 Å². The van der Waals surface area contributed by atoms with Gasteiger partial charge < -0.3 is 0 Å². The van der Waals surface area contributed by atoms with Crippen molar-refractivity contribution in [1.29, 1.82) is 0 Å². The quantitative estimate of drug-likeness (QED) is 0.761. The molecule has 17 heavy (non-hydrogen) atoms. The summed E-state index contributed by atoms with van der Waals surface area (Å²) in [6.07, 6.45) is 0. The Kier molecular flexibility index (Phi) is 6.41. The first-order valence-electron chi connectivity index (χ1n) is 5.60. The van der Waals surface area contributed by atoms with Crippen LogP contribution in [0, 0.1) is 0 Å². The van der Waals surface area contributed by atoms with Crippen molar-refractivity contribution in [3.05, 3.63) is 29.3 Å². The van der Waals surface area contributed by atoms with Crippen molar-refractivity contribution >= 4 is 37.6 Å². The second kappa shape index (κ2) is 7.07. The Morgan fingerprint density at radius 1 is 0.941 bits per heavy atom. The first kappa shape index (κ1) is 15.4. The van der Waals surface area contributed by atoms with E-state index in [0.29, 0.717) is 0 Å². The third-order valence-corrected chi connectivity index (χ3v) is 7.22. The predicted molar refractivity (Wildman–Crippen MR) is 78.3 cm³/mol. The average Bonchev–Trinajstić information content (AvgIpc) is 2.14. The molecule has 0 spiro atoms. The van der Waals surface area contributed by atoms with Gasteiger partial charge in [-0.05, 0) is 0 Å². The molecule has 0 bridgehead atoms. The molecule has 94 valence electrons. The first-order chi connectivity index (χ1) is 7.91. The summed E-state index contributed by atoms with van der Waals surface area (Å²) < 4.78 is 1.24. The molecule has 0 aliphatic heterocycles. The maximum atomic E-state index is 6.30. The van der Waals surface area contributed by atoms with E-state index in [1.165, 1.54) is 15.2 Å². The van der Waals surface area contributed by atoms with Gasteiger partial charge in [0.05, 0.1) is 0 Å². The summed E-state index contributed by atoms with van der Waals surface area (Å²) in [4.78, 5) is 4.30. The van der Waals surface area contributed by atoms with E-state index in [0.717, 1.165) is 13.1 Å². The third-order valence-electron chi connectivity index (χ3n) is 2.48. The van der Waals surface area contributed by atoms with Gasteiger partial charge in [0.25, 0.3) is 0 Å². The van der Waals surface area contributed by atoms with Crippen LogP contribution in [0.5, 0.6) is 0 Å². The molecule has 0 aliphatic rings. The Hall–Kier alpha value is 0.356. The topological polar surface area (TPSA) is 6.48 Å². The number of rotatable bonds is 5. The Bertz CT molecular complexity index is 339. The molecule has 0 amide bonds. The van der Waals surface area contributed by atoms with Crippen LogP contribution in [-0.2, 0) is 13.1 Å². The van der Waals surface area contributed by atoms with Gasteiger partial charge in [0.2, 0.25) is 0 Å². The number of hydrogen-bond acceptors (Lipinski definition) is 2. The fraction of sp³-hybridized carbons (Fsp3) is 0.500. The number of hydrogen-bond donors (Lipinski definition) is 0. The summed E-state index contributed by atoms with van der Waals surface area (Å²) in [6.45, 7) is 1.80. The molecule has 0 N–H and O–H groups in total. The molecule has 1 rings (SSSR count). The van der Waals surface area contributed by atoms with E-state index in [9.17, 15) is 0 Å². The molecule has 5 heteroatoms. The van der Waals surface area contributed by atoms with E-state index >= 15 is 0 Å². The van der Waals surface area contributed by atoms with Gasteiger partial charge in [-0.25, -0.2) is 0 Å². The average molecular weight is 332 g/mol. The fourth-order valence-corrected chi connectivity index (χ4v) is 6.78. The summed E-state index contributed by atoms with van der Waals surface area (Å²) in [6, 6.07) is 6.37. The van der Waals surface area contributed by atoms with E-state index in [1.54, 1.807) is 0 Å². The summed E-state index contributed by atoms with van der Waals surface area (Å²) >= 11 is -2.31. The van der Waals surface area contributed by atoms with Crippen molar-refractivity contribution in [3.63, 3.8) is 0 Å². The molecule has 1 aromatic rings. The Morgan fingerprint density at radius 3 is 1.65 bits per heavy atom. The third kappa shape index (κ3) is 4.85. The van der Waals surface area contributed by atoms with E-state index in [4.69, 9.17) is 19.3 Å². The van der Waals surface area contributed by atoms with Crippen molar-refractivity contribution in [3.8, 4) is 0 Å². The van der Waals surface area contributed by atoms with Crippen molar-refractivity contribution in [1.82, 2.24) is 9.80 Å². The van der Waals surface area contributed by atoms with Crippen LogP contribution in [0.4, 0.5) is 0 Å². The zero-order valence-corrected chi connectivity index (χ0v) is 14.8. The number of benzene rings is 1. The van der Waals surface area contributed by atoms with E-state index in [2.05, 4.69) is 56.2 Å². The first-order valence-corrected chi connectivity index (χ1v) is 13.2. The molecule has 0 atom stereocenters. The van der Waals surface area contributed by atoms with Gasteiger partial charge in [0.15, 0.2) is 0 Å². The molecule has 0 heterocycles. The Morgan fingerprint density at radius 2 is 1.35 bits per heavy atom. The Balaban J connectivity index is 3.12. The van der Waals surface area contributed by atoms with Gasteiger partial charge in [-0.15, -0.1) is 0 Å². The SMILES string of the molecule is CN(C)Cc1cccc(CN(C)C)[c]1[Ga]([Cl])[Cl]. The molecule has 0 aliphatic carbocycles. The molecule has 0 saturated heterocycles. The molecule has 0 fully saturated rings. The van der Waals surface area contributed by atoms with Crippen molar-refractivity contribution in [2.24, 2.45) is 0 Å². The molecule has 2 nitrogen and oxygen atoms in total. The van der Waals surface area contributed by atoms with Crippen molar-refractivity contribution < 1.29 is 0 Å². The van der Waals surface area contributed by atoms with Gasteiger partial charge in [-0.3, -0.25) is 0 Å². The predicted octanol–water partition coefficient (Wildman–Crippen LogP) is 1.98. The monoisotopic (exact) mass is 330 g/mol. The van der Waals surface area contributed by atoms with Crippen LogP contribution in [0.1, 0.15) is 11.1 Å². The molecular formula is C12H19Cl2GaN2. The molecule has 0 unspecified atom stereocenters. The molecule has 0 radical (unpaired) electrons. The summed E-state index contributed by atoms with van der Waals surface area (Å²) in [5.41, 5.74) is 2.56. The summed E-state index contributed by atoms with van der Waals surface area (Å²) in [5.74, 6) is 0. The van der Waals surface area contributed by atoms with Crippen LogP contribution in [0.2, 0.25) is 0 Å². The summed E-state index contributed by atoms with van der Waals surface area (Å²) in [7, 11) is 20.8. The fourth-order valence-electron chi connectivity index (χ4n) is 1.90. The second-order valence-electron chi connectivity index (χ2n) is 4.77. The van der Waals surface area contributed by atoms with Crippen LogP contribution >= 0.6 is 19.3 Å². The zero-order valence-electron chi connectivity index (χ0n) is 10.9. The summed E-state index contributed by atoms with van der Waals surface area (Å²) in [5, 5.41) is 0. The van der Waals surface area contributed by atoms with Crippen LogP contribution in [-0.4, -0.2) is 52.2 Å². The minimum absolute atomic E-state index is 0.901. The van der Waals surface area contributed by atoms with Gasteiger partial charge in [-0.1, -0.05) is 0 Å². The molecule has 0 saturated carbocycles. The van der Waals surface area contributed by atoms with Crippen LogP contribution < -0.4 is 4.12 Å². The van der Waals surface area contributed by atoms with Crippen molar-refractivity contribution in [2.45, 2.75) is 13.1 Å². The molecule has 0 aromatic heterocycles. The second-order valence-corrected chi connectivity index (χ2v) is 12.9. The Labute approximate surface area is 118 Å². The van der Waals surface area contributed by atoms with Crippen LogP contribution in [0.15, 0.2) is 18.2 Å². The maximum absolute atomic E-state index is 6.30. The van der Waals surface area contributed by atoms with E-state index in [-0.39, 0.29) is 0 Å². The molecule has 1 aromatic carbocycles. The van der Waals surface area contributed by atoms with E-state index < -0.39 is 14.2 Å².